The molecule has 2 heterocycles. The average molecular weight is 289 g/mol. The third kappa shape index (κ3) is 3.12. The van der Waals surface area contributed by atoms with Crippen LogP contribution in [0.5, 0.6) is 0 Å². The Labute approximate surface area is 113 Å². The van der Waals surface area contributed by atoms with Crippen LogP contribution in [0, 0.1) is 0 Å². The van der Waals surface area contributed by atoms with Gasteiger partial charge in [-0.25, -0.2) is 4.79 Å². The molecule has 0 radical (unpaired) electrons. The van der Waals surface area contributed by atoms with Gasteiger partial charge >= 0.3 is 12.3 Å². The highest BCUT2D eigenvalue weighted by atomic mass is 19.4. The molecule has 1 aromatic rings. The number of anilines is 1. The fraction of sp³-hybridized carbons (Fsp3) is 0.500. The number of hydrogen-bond donors (Lipinski definition) is 1. The zero-order valence-electron chi connectivity index (χ0n) is 10.8. The molecule has 1 aliphatic heterocycles. The van der Waals surface area contributed by atoms with E-state index in [1.807, 2.05) is 0 Å². The fourth-order valence-corrected chi connectivity index (χ4v) is 2.24. The molecule has 1 atom stereocenters. The molecule has 0 spiro atoms. The van der Waals surface area contributed by atoms with Gasteiger partial charge in [0.05, 0.1) is 24.0 Å². The summed E-state index contributed by atoms with van der Waals surface area (Å²) < 4.78 is 42.9. The number of amides is 1. The zero-order chi connectivity index (χ0) is 15.0. The molecule has 2 rings (SSSR count). The number of pyridine rings is 1. The first-order valence-electron chi connectivity index (χ1n) is 5.95. The molecule has 0 saturated carbocycles. The molecule has 8 heteroatoms. The molecule has 20 heavy (non-hydrogen) atoms. The van der Waals surface area contributed by atoms with Crippen LogP contribution in [0.2, 0.25) is 0 Å². The summed E-state index contributed by atoms with van der Waals surface area (Å²) in [6.07, 6.45) is -2.71. The third-order valence-corrected chi connectivity index (χ3v) is 3.20. The van der Waals surface area contributed by atoms with Crippen LogP contribution in [0.15, 0.2) is 18.5 Å². The Morgan fingerprint density at radius 1 is 1.50 bits per heavy atom. The first-order chi connectivity index (χ1) is 9.20. The normalized spacial score (nSPS) is 22.9. The SMILES string of the molecule is CC1(OC(N)=O)CCN(c2cncc(C(F)(F)F)c2)C1. The van der Waals surface area contributed by atoms with E-state index in [-0.39, 0.29) is 6.54 Å². The predicted molar refractivity (Wildman–Crippen MR) is 65.1 cm³/mol. The van der Waals surface area contributed by atoms with Crippen molar-refractivity contribution in [3.05, 3.63) is 24.0 Å². The van der Waals surface area contributed by atoms with Crippen molar-refractivity contribution >= 4 is 11.8 Å². The Kier molecular flexibility index (Phi) is 3.49. The molecule has 1 aromatic heterocycles. The van der Waals surface area contributed by atoms with E-state index in [9.17, 15) is 18.0 Å². The predicted octanol–water partition coefficient (Wildman–Crippen LogP) is 2.16. The van der Waals surface area contributed by atoms with Gasteiger partial charge in [0, 0.05) is 19.2 Å². The maximum atomic E-state index is 12.6. The zero-order valence-corrected chi connectivity index (χ0v) is 10.8. The highest BCUT2D eigenvalue weighted by Gasteiger charge is 2.38. The minimum atomic E-state index is -4.43. The van der Waals surface area contributed by atoms with Gasteiger partial charge < -0.3 is 15.4 Å². The Morgan fingerprint density at radius 2 is 2.20 bits per heavy atom. The standard InChI is InChI=1S/C12H14F3N3O2/c1-11(20-10(16)19)2-3-18(7-11)9-4-8(5-17-6-9)12(13,14)15/h4-6H,2-3,7H2,1H3,(H2,16,19). The lowest BCUT2D eigenvalue weighted by atomic mass is 10.1. The molecule has 1 amide bonds. The minimum absolute atomic E-state index is 0.277. The number of alkyl halides is 3. The summed E-state index contributed by atoms with van der Waals surface area (Å²) in [5.41, 5.74) is 3.73. The van der Waals surface area contributed by atoms with Crippen molar-refractivity contribution in [2.24, 2.45) is 5.73 Å². The van der Waals surface area contributed by atoms with Crippen LogP contribution in [0.25, 0.3) is 0 Å². The highest BCUT2D eigenvalue weighted by molar-refractivity contribution is 5.65. The maximum Gasteiger partial charge on any atom is 0.417 e. The number of carbonyl (C=O) groups excluding carboxylic acids is 1. The second kappa shape index (κ2) is 4.84. The van der Waals surface area contributed by atoms with E-state index in [0.717, 1.165) is 12.3 Å². The molecular weight excluding hydrogens is 275 g/mol. The Bertz CT molecular complexity index is 521. The lowest BCUT2D eigenvalue weighted by molar-refractivity contribution is -0.137. The molecule has 1 fully saturated rings. The monoisotopic (exact) mass is 289 g/mol. The lowest BCUT2D eigenvalue weighted by Gasteiger charge is -2.25. The summed E-state index contributed by atoms with van der Waals surface area (Å²) in [5.74, 6) is 0. The van der Waals surface area contributed by atoms with E-state index >= 15 is 0 Å². The molecule has 0 aliphatic carbocycles. The van der Waals surface area contributed by atoms with Crippen LogP contribution in [-0.2, 0) is 10.9 Å². The van der Waals surface area contributed by atoms with Crippen LogP contribution < -0.4 is 10.6 Å². The average Bonchev–Trinajstić information content (AvgIpc) is 2.69. The highest BCUT2D eigenvalue weighted by Crippen LogP contribution is 2.33. The minimum Gasteiger partial charge on any atom is -0.441 e. The largest absolute Gasteiger partial charge is 0.441 e. The van der Waals surface area contributed by atoms with Crippen molar-refractivity contribution in [2.45, 2.75) is 25.1 Å². The molecule has 110 valence electrons. The summed E-state index contributed by atoms with van der Waals surface area (Å²) in [7, 11) is 0. The number of hydrogen-bond acceptors (Lipinski definition) is 4. The van der Waals surface area contributed by atoms with Crippen molar-refractivity contribution in [3.63, 3.8) is 0 Å². The fourth-order valence-electron chi connectivity index (χ4n) is 2.24. The van der Waals surface area contributed by atoms with Gasteiger partial charge in [-0.2, -0.15) is 13.2 Å². The van der Waals surface area contributed by atoms with E-state index in [2.05, 4.69) is 4.98 Å². The number of rotatable bonds is 2. The molecule has 0 bridgehead atoms. The summed E-state index contributed by atoms with van der Waals surface area (Å²) in [6, 6.07) is 1.03. The van der Waals surface area contributed by atoms with Crippen molar-refractivity contribution in [1.29, 1.82) is 0 Å². The van der Waals surface area contributed by atoms with Crippen LogP contribution in [0.1, 0.15) is 18.9 Å². The Balaban J connectivity index is 2.16. The van der Waals surface area contributed by atoms with Gasteiger partial charge in [-0.3, -0.25) is 4.98 Å². The van der Waals surface area contributed by atoms with Crippen LogP contribution in [0.4, 0.5) is 23.7 Å². The summed E-state index contributed by atoms with van der Waals surface area (Å²) in [4.78, 5) is 16.1. The molecule has 0 aromatic carbocycles. The number of halogens is 3. The molecular formula is C12H14F3N3O2. The van der Waals surface area contributed by atoms with Crippen LogP contribution >= 0.6 is 0 Å². The first kappa shape index (κ1) is 14.4. The van der Waals surface area contributed by atoms with E-state index in [4.69, 9.17) is 10.5 Å². The van der Waals surface area contributed by atoms with E-state index < -0.39 is 23.4 Å². The number of aromatic nitrogens is 1. The van der Waals surface area contributed by atoms with Crippen molar-refractivity contribution in [1.82, 2.24) is 4.98 Å². The van der Waals surface area contributed by atoms with E-state index in [1.165, 1.54) is 6.20 Å². The van der Waals surface area contributed by atoms with Gasteiger partial charge in [-0.15, -0.1) is 0 Å². The van der Waals surface area contributed by atoms with Gasteiger partial charge in [-0.1, -0.05) is 0 Å². The molecule has 5 nitrogen and oxygen atoms in total. The van der Waals surface area contributed by atoms with Crippen molar-refractivity contribution in [2.75, 3.05) is 18.0 Å². The third-order valence-electron chi connectivity index (χ3n) is 3.20. The van der Waals surface area contributed by atoms with Gasteiger partial charge in [0.25, 0.3) is 0 Å². The molecule has 1 unspecified atom stereocenters. The molecule has 2 N–H and O–H groups in total. The van der Waals surface area contributed by atoms with E-state index in [1.54, 1.807) is 11.8 Å². The Hall–Kier alpha value is -1.99. The van der Waals surface area contributed by atoms with Gasteiger partial charge in [0.2, 0.25) is 0 Å². The first-order valence-corrected chi connectivity index (χ1v) is 5.95. The summed E-state index contributed by atoms with van der Waals surface area (Å²) >= 11 is 0. The summed E-state index contributed by atoms with van der Waals surface area (Å²) in [6.45, 7) is 2.44. The van der Waals surface area contributed by atoms with Gasteiger partial charge in [-0.05, 0) is 13.0 Å². The Morgan fingerprint density at radius 3 is 2.80 bits per heavy atom. The van der Waals surface area contributed by atoms with Gasteiger partial charge in [0.15, 0.2) is 0 Å². The number of ether oxygens (including phenoxy) is 1. The number of carbonyl (C=O) groups is 1. The van der Waals surface area contributed by atoms with Crippen molar-refractivity contribution in [3.8, 4) is 0 Å². The van der Waals surface area contributed by atoms with Crippen LogP contribution in [0.3, 0.4) is 0 Å². The van der Waals surface area contributed by atoms with E-state index in [0.29, 0.717) is 18.7 Å². The second-order valence-corrected chi connectivity index (χ2v) is 4.97. The summed E-state index contributed by atoms with van der Waals surface area (Å²) in [5, 5.41) is 0. The van der Waals surface area contributed by atoms with Crippen molar-refractivity contribution < 1.29 is 22.7 Å². The topological polar surface area (TPSA) is 68.5 Å². The molecule has 1 saturated heterocycles. The smallest absolute Gasteiger partial charge is 0.417 e. The van der Waals surface area contributed by atoms with Crippen LogP contribution in [-0.4, -0.2) is 29.8 Å². The lowest BCUT2D eigenvalue weighted by Crippen LogP contribution is -2.37. The van der Waals surface area contributed by atoms with Gasteiger partial charge in [0.1, 0.15) is 5.60 Å². The number of primary amides is 1. The quantitative estimate of drug-likeness (QED) is 0.906. The second-order valence-electron chi connectivity index (χ2n) is 4.97. The number of nitrogens with two attached hydrogens (primary N) is 1. The maximum absolute atomic E-state index is 12.6. The number of nitrogens with zero attached hydrogens (tertiary/aromatic N) is 2. The molecule has 1 aliphatic rings.